The molecule has 1 rings (SSSR count). The average Bonchev–Trinajstić information content (AvgIpc) is 2.09. The van der Waals surface area contributed by atoms with Crippen molar-refractivity contribution in [1.82, 2.24) is 0 Å². The van der Waals surface area contributed by atoms with Gasteiger partial charge in [0.2, 0.25) is 5.79 Å². The first kappa shape index (κ1) is 11.5. The molecule has 1 heterocycles. The van der Waals surface area contributed by atoms with E-state index in [0.29, 0.717) is 0 Å². The van der Waals surface area contributed by atoms with Crippen LogP contribution in [0.4, 0.5) is 8.78 Å². The molecule has 0 N–H and O–H groups in total. The first-order chi connectivity index (χ1) is 6.27. The lowest BCUT2D eigenvalue weighted by atomic mass is 10.0. The Kier molecular flexibility index (Phi) is 2.92. The maximum Gasteiger partial charge on any atom is 0.294 e. The first-order valence-electron chi connectivity index (χ1n) is 4.47. The Labute approximate surface area is 81.4 Å². The van der Waals surface area contributed by atoms with Crippen LogP contribution < -0.4 is 0 Å². The fourth-order valence-electron chi connectivity index (χ4n) is 1.24. The number of hydrogen-bond donors (Lipinski definition) is 0. The molecule has 0 unspecified atom stereocenters. The van der Waals surface area contributed by atoms with Crippen molar-refractivity contribution in [3.63, 3.8) is 0 Å². The van der Waals surface area contributed by atoms with Gasteiger partial charge in [0.15, 0.2) is 5.78 Å². The third-order valence-corrected chi connectivity index (χ3v) is 2.09. The first-order valence-corrected chi connectivity index (χ1v) is 4.47. The van der Waals surface area contributed by atoms with Crippen LogP contribution in [0.1, 0.15) is 20.8 Å². The molecule has 0 amide bonds. The van der Waals surface area contributed by atoms with E-state index in [9.17, 15) is 13.6 Å². The van der Waals surface area contributed by atoms with Gasteiger partial charge in [-0.05, 0) is 6.92 Å². The summed E-state index contributed by atoms with van der Waals surface area (Å²) in [5.41, 5.74) is 0. The lowest BCUT2D eigenvalue weighted by molar-refractivity contribution is -0.306. The second-order valence-electron chi connectivity index (χ2n) is 3.90. The maximum atomic E-state index is 12.7. The Hall–Kier alpha value is -0.550. The lowest BCUT2D eigenvalue weighted by Gasteiger charge is -2.36. The van der Waals surface area contributed by atoms with Crippen molar-refractivity contribution < 1.29 is 23.0 Å². The minimum atomic E-state index is -2.99. The smallest absolute Gasteiger partial charge is 0.294 e. The van der Waals surface area contributed by atoms with Crippen LogP contribution in [-0.2, 0) is 14.3 Å². The fourth-order valence-corrected chi connectivity index (χ4v) is 1.24. The van der Waals surface area contributed by atoms with Crippen LogP contribution in [0.5, 0.6) is 0 Å². The van der Waals surface area contributed by atoms with Crippen LogP contribution >= 0.6 is 0 Å². The molecule has 1 aliphatic rings. The number of carbonyl (C=O) groups excluding carboxylic acids is 1. The van der Waals surface area contributed by atoms with Gasteiger partial charge in [-0.25, -0.2) is 8.78 Å². The summed E-state index contributed by atoms with van der Waals surface area (Å²) in [4.78, 5) is 11.5. The van der Waals surface area contributed by atoms with Crippen molar-refractivity contribution in [3.05, 3.63) is 0 Å². The minimum Gasteiger partial charge on any atom is -0.337 e. The number of ether oxygens (including phenoxy) is 2. The average molecular weight is 208 g/mol. The number of rotatable bonds is 2. The van der Waals surface area contributed by atoms with E-state index in [-0.39, 0.29) is 11.7 Å². The molecule has 0 aromatic carbocycles. The zero-order valence-corrected chi connectivity index (χ0v) is 8.47. The monoisotopic (exact) mass is 208 g/mol. The lowest BCUT2D eigenvalue weighted by Crippen LogP contribution is -2.53. The van der Waals surface area contributed by atoms with Gasteiger partial charge in [-0.15, -0.1) is 0 Å². The second-order valence-corrected chi connectivity index (χ2v) is 3.90. The third-order valence-electron chi connectivity index (χ3n) is 2.09. The molecule has 0 spiro atoms. The van der Waals surface area contributed by atoms with E-state index in [2.05, 4.69) is 0 Å². The van der Waals surface area contributed by atoms with E-state index < -0.39 is 24.9 Å². The van der Waals surface area contributed by atoms with Crippen LogP contribution in [0.2, 0.25) is 0 Å². The largest absolute Gasteiger partial charge is 0.337 e. The molecule has 14 heavy (non-hydrogen) atoms. The van der Waals surface area contributed by atoms with Crippen molar-refractivity contribution in [3.8, 4) is 0 Å². The second kappa shape index (κ2) is 3.55. The number of alkyl halides is 2. The van der Waals surface area contributed by atoms with E-state index in [1.165, 1.54) is 6.92 Å². The number of hydrogen-bond acceptors (Lipinski definition) is 3. The van der Waals surface area contributed by atoms with Crippen LogP contribution in [-0.4, -0.2) is 30.7 Å². The van der Waals surface area contributed by atoms with Gasteiger partial charge in [-0.2, -0.15) is 0 Å². The minimum absolute atomic E-state index is 0.299. The topological polar surface area (TPSA) is 35.5 Å². The van der Waals surface area contributed by atoms with Gasteiger partial charge in [-0.3, -0.25) is 4.79 Å². The Bertz CT molecular complexity index is 228. The highest BCUT2D eigenvalue weighted by Gasteiger charge is 2.47. The standard InChI is InChI=1S/C9H14F2O3/c1-6(2)7(12)8(3)13-4-9(10,11)5-14-8/h6H,4-5H2,1-3H3. The van der Waals surface area contributed by atoms with Crippen LogP contribution in [0.25, 0.3) is 0 Å². The molecule has 0 aromatic heterocycles. The highest BCUT2D eigenvalue weighted by Crippen LogP contribution is 2.29. The fraction of sp³-hybridized carbons (Fsp3) is 0.889. The van der Waals surface area contributed by atoms with Crippen molar-refractivity contribution in [1.29, 1.82) is 0 Å². The zero-order valence-electron chi connectivity index (χ0n) is 8.47. The third kappa shape index (κ3) is 2.27. The van der Waals surface area contributed by atoms with Gasteiger partial charge in [0.1, 0.15) is 13.2 Å². The van der Waals surface area contributed by atoms with Gasteiger partial charge in [0.05, 0.1) is 0 Å². The molecule has 0 atom stereocenters. The van der Waals surface area contributed by atoms with Gasteiger partial charge in [-0.1, -0.05) is 13.8 Å². The summed E-state index contributed by atoms with van der Waals surface area (Å²) in [5, 5.41) is 0. The summed E-state index contributed by atoms with van der Waals surface area (Å²) in [6.45, 7) is 3.20. The molecule has 1 aliphatic heterocycles. The molecule has 0 radical (unpaired) electrons. The van der Waals surface area contributed by atoms with Crippen LogP contribution in [0.15, 0.2) is 0 Å². The Morgan fingerprint density at radius 3 is 2.07 bits per heavy atom. The van der Waals surface area contributed by atoms with Gasteiger partial charge < -0.3 is 9.47 Å². The zero-order chi connectivity index (χ0) is 11.0. The molecular formula is C9H14F2O3. The predicted octanol–water partition coefficient (Wildman–Crippen LogP) is 1.61. The van der Waals surface area contributed by atoms with Gasteiger partial charge >= 0.3 is 0 Å². The normalized spacial score (nSPS) is 25.0. The summed E-state index contributed by atoms with van der Waals surface area (Å²) < 4.78 is 34.9. The quantitative estimate of drug-likeness (QED) is 0.691. The molecule has 3 nitrogen and oxygen atoms in total. The summed E-state index contributed by atoms with van der Waals surface area (Å²) >= 11 is 0. The summed E-state index contributed by atoms with van der Waals surface area (Å²) in [6, 6.07) is 0. The molecule has 1 fully saturated rings. The highest BCUT2D eigenvalue weighted by molar-refractivity contribution is 5.87. The van der Waals surface area contributed by atoms with E-state index in [4.69, 9.17) is 9.47 Å². The number of Topliss-reactive ketones (excluding diaryl/α,β-unsaturated/α-hetero) is 1. The van der Waals surface area contributed by atoms with Crippen LogP contribution in [0, 0.1) is 5.92 Å². The molecule has 0 bridgehead atoms. The van der Waals surface area contributed by atoms with E-state index in [1.54, 1.807) is 13.8 Å². The van der Waals surface area contributed by atoms with Crippen LogP contribution in [0.3, 0.4) is 0 Å². The summed E-state index contributed by atoms with van der Waals surface area (Å²) in [7, 11) is 0. The molecule has 82 valence electrons. The Morgan fingerprint density at radius 2 is 1.71 bits per heavy atom. The SMILES string of the molecule is CC(C)C(=O)C1(C)OCC(F)(F)CO1. The van der Waals surface area contributed by atoms with Gasteiger partial charge in [0, 0.05) is 5.92 Å². The molecule has 0 saturated carbocycles. The number of ketones is 1. The maximum absolute atomic E-state index is 12.7. The Morgan fingerprint density at radius 1 is 1.29 bits per heavy atom. The van der Waals surface area contributed by atoms with E-state index in [1.807, 2.05) is 0 Å². The number of carbonyl (C=O) groups is 1. The van der Waals surface area contributed by atoms with E-state index in [0.717, 1.165) is 0 Å². The molecule has 5 heteroatoms. The molecule has 1 saturated heterocycles. The molecular weight excluding hydrogens is 194 g/mol. The highest BCUT2D eigenvalue weighted by atomic mass is 19.3. The van der Waals surface area contributed by atoms with Crippen molar-refractivity contribution in [2.45, 2.75) is 32.5 Å². The molecule has 0 aromatic rings. The summed E-state index contributed by atoms with van der Waals surface area (Å²) in [5.74, 6) is -5.10. The van der Waals surface area contributed by atoms with Crippen molar-refractivity contribution in [2.75, 3.05) is 13.2 Å². The van der Waals surface area contributed by atoms with Crippen molar-refractivity contribution >= 4 is 5.78 Å². The number of halogens is 2. The van der Waals surface area contributed by atoms with Crippen molar-refractivity contribution in [2.24, 2.45) is 5.92 Å². The molecule has 0 aliphatic carbocycles. The summed E-state index contributed by atoms with van der Waals surface area (Å²) in [6.07, 6.45) is 0. The van der Waals surface area contributed by atoms with E-state index >= 15 is 0 Å². The predicted molar refractivity (Wildman–Crippen MR) is 45.1 cm³/mol. The van der Waals surface area contributed by atoms with Gasteiger partial charge in [0.25, 0.3) is 5.92 Å². The Balaban J connectivity index is 2.66.